The van der Waals surface area contributed by atoms with Crippen molar-refractivity contribution in [1.29, 1.82) is 0 Å². The molecule has 9 aromatic rings. The number of fused-ring (bicyclic) bond motifs is 8. The van der Waals surface area contributed by atoms with E-state index < -0.39 is 0 Å². The fourth-order valence-corrected chi connectivity index (χ4v) is 8.48. The molecule has 6 aromatic carbocycles. The van der Waals surface area contributed by atoms with Crippen LogP contribution in [0.3, 0.4) is 0 Å². The van der Waals surface area contributed by atoms with Crippen molar-refractivity contribution in [3.8, 4) is 11.1 Å². The molecular weight excluding hydrogens is 561 g/mol. The van der Waals surface area contributed by atoms with Crippen LogP contribution in [-0.4, -0.2) is 4.98 Å². The van der Waals surface area contributed by atoms with Crippen molar-refractivity contribution in [1.82, 2.24) is 4.98 Å². The fourth-order valence-electron chi connectivity index (χ4n) is 6.23. The van der Waals surface area contributed by atoms with Gasteiger partial charge in [0.1, 0.15) is 4.83 Å². The summed E-state index contributed by atoms with van der Waals surface area (Å²) in [6.45, 7) is 0. The Balaban J connectivity index is 1.25. The minimum atomic E-state index is 1.05. The number of pyridine rings is 1. The molecule has 0 aliphatic heterocycles. The summed E-state index contributed by atoms with van der Waals surface area (Å²) in [6.07, 6.45) is 2.03. The molecule has 0 aliphatic carbocycles. The summed E-state index contributed by atoms with van der Waals surface area (Å²) < 4.78 is 3.91. The van der Waals surface area contributed by atoms with E-state index in [0.717, 1.165) is 21.9 Å². The van der Waals surface area contributed by atoms with Crippen LogP contribution in [0.15, 0.2) is 146 Å². The van der Waals surface area contributed by atoms with Gasteiger partial charge in [-0.2, -0.15) is 0 Å². The van der Waals surface area contributed by atoms with E-state index in [1.165, 1.54) is 57.5 Å². The van der Waals surface area contributed by atoms with Crippen LogP contribution in [0.25, 0.3) is 62.4 Å². The minimum Gasteiger partial charge on any atom is -0.309 e. The van der Waals surface area contributed by atoms with Gasteiger partial charge in [0.05, 0.1) is 11.9 Å². The molecule has 0 fully saturated rings. The van der Waals surface area contributed by atoms with Gasteiger partial charge in [-0.15, -0.1) is 22.7 Å². The van der Waals surface area contributed by atoms with E-state index in [0.29, 0.717) is 0 Å². The van der Waals surface area contributed by atoms with Crippen molar-refractivity contribution in [3.05, 3.63) is 146 Å². The van der Waals surface area contributed by atoms with Crippen LogP contribution in [0, 0.1) is 0 Å². The Morgan fingerprint density at radius 1 is 0.442 bits per heavy atom. The highest BCUT2D eigenvalue weighted by molar-refractivity contribution is 7.26. The third-order valence-electron chi connectivity index (χ3n) is 8.31. The molecule has 43 heavy (non-hydrogen) atoms. The van der Waals surface area contributed by atoms with Gasteiger partial charge in [-0.3, -0.25) is 0 Å². The molecule has 0 unspecified atom stereocenters. The Hall–Kier alpha value is -5.03. The maximum Gasteiger partial charge on any atom is 0.124 e. The molecule has 3 heterocycles. The predicted octanol–water partition coefficient (Wildman–Crippen LogP) is 12.1. The summed E-state index contributed by atoms with van der Waals surface area (Å²) in [6, 6.07) is 50.4. The highest BCUT2D eigenvalue weighted by Gasteiger charge is 2.18. The molecule has 2 nitrogen and oxygen atoms in total. The third-order valence-corrected chi connectivity index (χ3v) is 10.6. The molecule has 0 N–H and O–H groups in total. The van der Waals surface area contributed by atoms with Crippen molar-refractivity contribution in [2.75, 3.05) is 4.90 Å². The van der Waals surface area contributed by atoms with Gasteiger partial charge >= 0.3 is 0 Å². The summed E-state index contributed by atoms with van der Waals surface area (Å²) in [4.78, 5) is 8.45. The number of hydrogen-bond acceptors (Lipinski definition) is 4. The number of benzene rings is 6. The zero-order chi connectivity index (χ0) is 28.3. The molecule has 4 heteroatoms. The molecule has 202 valence electrons. The lowest BCUT2D eigenvalue weighted by molar-refractivity contribution is 1.27. The summed E-state index contributed by atoms with van der Waals surface area (Å²) in [5, 5.41) is 7.58. The molecule has 0 saturated carbocycles. The van der Waals surface area contributed by atoms with E-state index in [4.69, 9.17) is 4.98 Å². The van der Waals surface area contributed by atoms with Crippen LogP contribution >= 0.6 is 22.7 Å². The molecule has 0 bridgehead atoms. The van der Waals surface area contributed by atoms with Crippen LogP contribution in [-0.2, 0) is 0 Å². The quantitative estimate of drug-likeness (QED) is 0.205. The summed E-state index contributed by atoms with van der Waals surface area (Å²) in [5.74, 6) is 0. The fraction of sp³-hybridized carbons (Fsp3) is 0. The molecule has 0 radical (unpaired) electrons. The Labute approximate surface area is 256 Å². The van der Waals surface area contributed by atoms with Crippen LogP contribution in [0.1, 0.15) is 0 Å². The van der Waals surface area contributed by atoms with Crippen LogP contribution in [0.4, 0.5) is 17.1 Å². The van der Waals surface area contributed by atoms with Crippen molar-refractivity contribution in [2.24, 2.45) is 0 Å². The maximum absolute atomic E-state index is 5.04. The van der Waals surface area contributed by atoms with Crippen LogP contribution in [0.5, 0.6) is 0 Å². The molecule has 9 rings (SSSR count). The number of aromatic nitrogens is 1. The molecule has 0 aliphatic rings. The lowest BCUT2D eigenvalue weighted by Gasteiger charge is -2.25. The van der Waals surface area contributed by atoms with Gasteiger partial charge in [0.2, 0.25) is 0 Å². The first-order valence-electron chi connectivity index (χ1n) is 14.4. The molecule has 0 atom stereocenters. The monoisotopic (exact) mass is 584 g/mol. The van der Waals surface area contributed by atoms with Gasteiger partial charge < -0.3 is 4.90 Å². The van der Waals surface area contributed by atoms with Crippen LogP contribution in [0.2, 0.25) is 0 Å². The second-order valence-electron chi connectivity index (χ2n) is 10.8. The second-order valence-corrected chi connectivity index (χ2v) is 12.9. The van der Waals surface area contributed by atoms with Gasteiger partial charge in [0.25, 0.3) is 0 Å². The normalized spacial score (nSPS) is 11.7. The summed E-state index contributed by atoms with van der Waals surface area (Å²) in [5.41, 5.74) is 5.69. The largest absolute Gasteiger partial charge is 0.309 e. The summed E-state index contributed by atoms with van der Waals surface area (Å²) >= 11 is 3.63. The maximum atomic E-state index is 5.04. The van der Waals surface area contributed by atoms with E-state index in [2.05, 4.69) is 144 Å². The molecule has 0 spiro atoms. The average Bonchev–Trinajstić information content (AvgIpc) is 3.64. The van der Waals surface area contributed by atoms with E-state index in [9.17, 15) is 0 Å². The van der Waals surface area contributed by atoms with Crippen LogP contribution < -0.4 is 4.90 Å². The van der Waals surface area contributed by atoms with Gasteiger partial charge in [-0.1, -0.05) is 97.1 Å². The molecular formula is C39H24N2S2. The van der Waals surface area contributed by atoms with Crippen molar-refractivity contribution >= 4 is 91.0 Å². The van der Waals surface area contributed by atoms with Gasteiger partial charge in [-0.25, -0.2) is 4.98 Å². The lowest BCUT2D eigenvalue weighted by atomic mass is 10.0. The third kappa shape index (κ3) is 4.03. The van der Waals surface area contributed by atoms with Crippen molar-refractivity contribution in [3.63, 3.8) is 0 Å². The highest BCUT2D eigenvalue weighted by atomic mass is 32.1. The first-order chi connectivity index (χ1) is 21.3. The van der Waals surface area contributed by atoms with E-state index in [1.54, 1.807) is 11.3 Å². The Morgan fingerprint density at radius 2 is 1.14 bits per heavy atom. The Morgan fingerprint density at radius 3 is 2.02 bits per heavy atom. The number of rotatable bonds is 4. The topological polar surface area (TPSA) is 16.1 Å². The molecule has 3 aromatic heterocycles. The van der Waals surface area contributed by atoms with Gasteiger partial charge in [0, 0.05) is 47.0 Å². The van der Waals surface area contributed by atoms with Gasteiger partial charge in [-0.05, 0) is 64.4 Å². The van der Waals surface area contributed by atoms with Crippen molar-refractivity contribution in [2.45, 2.75) is 0 Å². The Kier molecular flexibility index (Phi) is 5.58. The number of hydrogen-bond donors (Lipinski definition) is 0. The Bertz CT molecular complexity index is 2450. The van der Waals surface area contributed by atoms with E-state index in [1.807, 2.05) is 17.5 Å². The standard InChI is InChI=1S/C39H24N2S2/c1-2-8-25(9-3-1)26-14-17-28(18-15-26)41(29-19-21-37-34(22-29)32-12-6-7-13-36(32)42-37)30-23-35-33-20-16-27-10-4-5-11-31(27)38(33)43-39(35)40-24-30/h1-24H. The predicted molar refractivity (Wildman–Crippen MR) is 188 cm³/mol. The number of thiophene rings is 2. The number of anilines is 3. The average molecular weight is 585 g/mol. The first-order valence-corrected chi connectivity index (χ1v) is 16.0. The molecule has 0 amide bonds. The first kappa shape index (κ1) is 24.6. The highest BCUT2D eigenvalue weighted by Crippen LogP contribution is 2.43. The van der Waals surface area contributed by atoms with E-state index >= 15 is 0 Å². The van der Waals surface area contributed by atoms with Crippen molar-refractivity contribution < 1.29 is 0 Å². The second kappa shape index (κ2) is 9.77. The SMILES string of the molecule is c1ccc(-c2ccc(N(c3ccc4sc5ccccc5c4c3)c3cnc4sc5c6ccccc6ccc5c4c3)cc2)cc1. The minimum absolute atomic E-state index is 1.05. The lowest BCUT2D eigenvalue weighted by Crippen LogP contribution is -2.10. The van der Waals surface area contributed by atoms with Gasteiger partial charge in [0.15, 0.2) is 0 Å². The zero-order valence-electron chi connectivity index (χ0n) is 23.1. The number of nitrogens with zero attached hydrogens (tertiary/aromatic N) is 2. The van der Waals surface area contributed by atoms with E-state index in [-0.39, 0.29) is 0 Å². The summed E-state index contributed by atoms with van der Waals surface area (Å²) in [7, 11) is 0. The molecule has 0 saturated heterocycles. The smallest absolute Gasteiger partial charge is 0.124 e. The zero-order valence-corrected chi connectivity index (χ0v) is 24.7.